The van der Waals surface area contributed by atoms with E-state index in [0.29, 0.717) is 13.1 Å². The van der Waals surface area contributed by atoms with Crippen molar-refractivity contribution in [2.45, 2.75) is 6.54 Å². The molecule has 0 fully saturated rings. The van der Waals surface area contributed by atoms with Gasteiger partial charge in [-0.15, -0.1) is 0 Å². The summed E-state index contributed by atoms with van der Waals surface area (Å²) in [5.41, 5.74) is 2.20. The number of nitrogens with zero attached hydrogens (tertiary/aromatic N) is 2. The smallest absolute Gasteiger partial charge is 0.317 e. The van der Waals surface area contributed by atoms with Crippen molar-refractivity contribution in [1.82, 2.24) is 14.9 Å². The van der Waals surface area contributed by atoms with Gasteiger partial charge in [0.2, 0.25) is 10.0 Å². The molecule has 1 aromatic carbocycles. The van der Waals surface area contributed by atoms with Crippen LogP contribution in [0.3, 0.4) is 0 Å². The van der Waals surface area contributed by atoms with Crippen LogP contribution in [0, 0.1) is 0 Å². The van der Waals surface area contributed by atoms with Crippen molar-refractivity contribution in [1.29, 1.82) is 0 Å². The first kappa shape index (κ1) is 16.6. The Morgan fingerprint density at radius 1 is 1.27 bits per heavy atom. The molecule has 0 bridgehead atoms. The maximum Gasteiger partial charge on any atom is 0.317 e. The topological polar surface area (TPSA) is 81.8 Å². The van der Waals surface area contributed by atoms with Gasteiger partial charge in [-0.1, -0.05) is 18.2 Å². The number of urea groups is 1. The van der Waals surface area contributed by atoms with Crippen molar-refractivity contribution < 1.29 is 13.2 Å². The van der Waals surface area contributed by atoms with E-state index in [-0.39, 0.29) is 18.3 Å². The normalized spacial score (nSPS) is 15.2. The molecule has 7 nitrogen and oxygen atoms in total. The molecule has 0 atom stereocenters. The summed E-state index contributed by atoms with van der Waals surface area (Å²) >= 11 is 0. The summed E-state index contributed by atoms with van der Waals surface area (Å²) in [6, 6.07) is 7.73. The Labute approximate surface area is 131 Å². The number of anilines is 1. The number of rotatable bonds is 4. The van der Waals surface area contributed by atoms with Crippen LogP contribution in [0.5, 0.6) is 0 Å². The Kier molecular flexibility index (Phi) is 5.25. The zero-order chi connectivity index (χ0) is 16.2. The number of fused-ring (bicyclic) bond motifs is 1. The Hall–Kier alpha value is -1.80. The molecule has 22 heavy (non-hydrogen) atoms. The standard InChI is InChI=1S/C14H22N4O3S/c1-15-22(20,21)10-7-16-14(19)18-9-8-17(2)13-6-4-3-5-12(13)11-18/h3-6,15H,7-11H2,1-2H3,(H,16,19). The summed E-state index contributed by atoms with van der Waals surface area (Å²) in [7, 11) is 0.0576. The van der Waals surface area contributed by atoms with E-state index in [1.807, 2.05) is 31.3 Å². The molecular weight excluding hydrogens is 304 g/mol. The third-order valence-corrected chi connectivity index (χ3v) is 5.08. The average molecular weight is 326 g/mol. The minimum absolute atomic E-state index is 0.0932. The number of likely N-dealkylation sites (N-methyl/N-ethyl adjacent to an activating group) is 1. The SMILES string of the molecule is CNS(=O)(=O)CCNC(=O)N1CCN(C)c2ccccc2C1. The van der Waals surface area contributed by atoms with Crippen LogP contribution in [0.25, 0.3) is 0 Å². The van der Waals surface area contributed by atoms with Gasteiger partial charge in [0.05, 0.1) is 5.75 Å². The highest BCUT2D eigenvalue weighted by molar-refractivity contribution is 7.89. The second-order valence-corrected chi connectivity index (χ2v) is 7.27. The molecule has 8 heteroatoms. The van der Waals surface area contributed by atoms with Crippen molar-refractivity contribution in [2.75, 3.05) is 44.4 Å². The molecule has 0 spiro atoms. The fourth-order valence-corrected chi connectivity index (χ4v) is 2.95. The van der Waals surface area contributed by atoms with E-state index in [0.717, 1.165) is 17.8 Å². The quantitative estimate of drug-likeness (QED) is 0.828. The van der Waals surface area contributed by atoms with Crippen LogP contribution in [-0.2, 0) is 16.6 Å². The number of nitrogens with one attached hydrogen (secondary N) is 2. The minimum Gasteiger partial charge on any atom is -0.373 e. The Balaban J connectivity index is 1.97. The molecule has 2 amide bonds. The zero-order valence-corrected chi connectivity index (χ0v) is 13.7. The number of para-hydroxylation sites is 1. The Morgan fingerprint density at radius 2 is 2.00 bits per heavy atom. The molecule has 0 aliphatic carbocycles. The van der Waals surface area contributed by atoms with Gasteiger partial charge in [-0.2, -0.15) is 0 Å². The highest BCUT2D eigenvalue weighted by Gasteiger charge is 2.21. The molecule has 1 aliphatic heterocycles. The van der Waals surface area contributed by atoms with Crippen molar-refractivity contribution in [3.05, 3.63) is 29.8 Å². The lowest BCUT2D eigenvalue weighted by Gasteiger charge is -2.21. The molecule has 1 aromatic rings. The predicted molar refractivity (Wildman–Crippen MR) is 86.4 cm³/mol. The molecule has 0 saturated carbocycles. The van der Waals surface area contributed by atoms with Crippen molar-refractivity contribution >= 4 is 21.7 Å². The van der Waals surface area contributed by atoms with Gasteiger partial charge < -0.3 is 15.1 Å². The maximum atomic E-state index is 12.2. The number of hydrogen-bond acceptors (Lipinski definition) is 4. The van der Waals surface area contributed by atoms with E-state index >= 15 is 0 Å². The summed E-state index contributed by atoms with van der Waals surface area (Å²) in [4.78, 5) is 16.0. The van der Waals surface area contributed by atoms with Gasteiger partial charge in [0.15, 0.2) is 0 Å². The Morgan fingerprint density at radius 3 is 2.73 bits per heavy atom. The second kappa shape index (κ2) is 6.97. The summed E-state index contributed by atoms with van der Waals surface area (Å²) < 4.78 is 24.9. The van der Waals surface area contributed by atoms with Crippen LogP contribution in [-0.4, -0.2) is 58.8 Å². The van der Waals surface area contributed by atoms with E-state index in [2.05, 4.69) is 14.9 Å². The lowest BCUT2D eigenvalue weighted by molar-refractivity contribution is 0.198. The van der Waals surface area contributed by atoms with E-state index in [1.54, 1.807) is 4.90 Å². The largest absolute Gasteiger partial charge is 0.373 e. The number of hydrogen-bond donors (Lipinski definition) is 2. The van der Waals surface area contributed by atoms with Crippen molar-refractivity contribution in [3.63, 3.8) is 0 Å². The van der Waals surface area contributed by atoms with Gasteiger partial charge in [0.1, 0.15) is 0 Å². The third kappa shape index (κ3) is 4.11. The van der Waals surface area contributed by atoms with Crippen LogP contribution < -0.4 is 14.9 Å². The van der Waals surface area contributed by atoms with Gasteiger partial charge in [0.25, 0.3) is 0 Å². The maximum absolute atomic E-state index is 12.2. The summed E-state index contributed by atoms with van der Waals surface area (Å²) in [5, 5.41) is 2.67. The molecule has 2 N–H and O–H groups in total. The molecule has 2 rings (SSSR count). The summed E-state index contributed by atoms with van der Waals surface area (Å²) in [6.45, 7) is 1.94. The molecular formula is C14H22N4O3S. The van der Waals surface area contributed by atoms with Gasteiger partial charge in [0, 0.05) is 38.9 Å². The first-order valence-electron chi connectivity index (χ1n) is 7.16. The third-order valence-electron chi connectivity index (χ3n) is 3.71. The zero-order valence-electron chi connectivity index (χ0n) is 12.9. The molecule has 0 aromatic heterocycles. The lowest BCUT2D eigenvalue weighted by atomic mass is 10.1. The summed E-state index contributed by atoms with van der Waals surface area (Å²) in [6.07, 6.45) is 0. The van der Waals surface area contributed by atoms with Gasteiger partial charge in [-0.3, -0.25) is 0 Å². The van der Waals surface area contributed by atoms with E-state index in [9.17, 15) is 13.2 Å². The van der Waals surface area contributed by atoms with E-state index in [4.69, 9.17) is 0 Å². The van der Waals surface area contributed by atoms with Crippen LogP contribution in [0.2, 0.25) is 0 Å². The van der Waals surface area contributed by atoms with Crippen molar-refractivity contribution in [2.24, 2.45) is 0 Å². The Bertz CT molecular complexity index is 633. The van der Waals surface area contributed by atoms with Crippen LogP contribution in [0.1, 0.15) is 5.56 Å². The fraction of sp³-hybridized carbons (Fsp3) is 0.500. The molecule has 0 unspecified atom stereocenters. The monoisotopic (exact) mass is 326 g/mol. The van der Waals surface area contributed by atoms with Crippen LogP contribution in [0.4, 0.5) is 10.5 Å². The van der Waals surface area contributed by atoms with Gasteiger partial charge in [-0.05, 0) is 18.7 Å². The van der Waals surface area contributed by atoms with Gasteiger partial charge >= 0.3 is 6.03 Å². The number of carbonyl (C=O) groups excluding carboxylic acids is 1. The van der Waals surface area contributed by atoms with Gasteiger partial charge in [-0.25, -0.2) is 17.9 Å². The predicted octanol–water partition coefficient (Wildman–Crippen LogP) is 0.197. The molecule has 0 saturated heterocycles. The number of carbonyl (C=O) groups is 1. The highest BCUT2D eigenvalue weighted by Crippen LogP contribution is 2.23. The molecule has 1 heterocycles. The second-order valence-electron chi connectivity index (χ2n) is 5.23. The molecule has 1 aliphatic rings. The van der Waals surface area contributed by atoms with Crippen molar-refractivity contribution in [3.8, 4) is 0 Å². The van der Waals surface area contributed by atoms with E-state index in [1.165, 1.54) is 7.05 Å². The summed E-state index contributed by atoms with van der Waals surface area (Å²) in [5.74, 6) is -0.125. The fourth-order valence-electron chi connectivity index (χ4n) is 2.37. The molecule has 0 radical (unpaired) electrons. The van der Waals surface area contributed by atoms with Crippen LogP contribution in [0.15, 0.2) is 24.3 Å². The minimum atomic E-state index is -3.30. The first-order valence-corrected chi connectivity index (χ1v) is 8.81. The highest BCUT2D eigenvalue weighted by atomic mass is 32.2. The van der Waals surface area contributed by atoms with E-state index < -0.39 is 10.0 Å². The number of benzene rings is 1. The first-order chi connectivity index (χ1) is 10.4. The van der Waals surface area contributed by atoms with Crippen LogP contribution >= 0.6 is 0 Å². The average Bonchev–Trinajstić information content (AvgIpc) is 2.67. The molecule has 122 valence electrons. The number of amides is 2. The number of sulfonamides is 1. The lowest BCUT2D eigenvalue weighted by Crippen LogP contribution is -2.43.